The van der Waals surface area contributed by atoms with E-state index in [9.17, 15) is 4.79 Å². The largest absolute Gasteiger partial charge is 0.508 e. The van der Waals surface area contributed by atoms with Gasteiger partial charge in [0.1, 0.15) is 11.5 Å². The fraction of sp³-hybridized carbons (Fsp3) is 0.267. The highest BCUT2D eigenvalue weighted by Crippen LogP contribution is 2.26. The summed E-state index contributed by atoms with van der Waals surface area (Å²) in [6, 6.07) is 3.87. The Balaban J connectivity index is 0.000000200. The monoisotopic (exact) mass is 261 g/mol. The zero-order valence-corrected chi connectivity index (χ0v) is 11.2. The Morgan fingerprint density at radius 2 is 2.00 bits per heavy atom. The van der Waals surface area contributed by atoms with Crippen molar-refractivity contribution in [1.82, 2.24) is 0 Å². The van der Waals surface area contributed by atoms with Gasteiger partial charge in [0.2, 0.25) is 6.41 Å². The molecule has 102 valence electrons. The molecule has 4 heteroatoms. The highest BCUT2D eigenvalue weighted by atomic mass is 16.3. The Morgan fingerprint density at radius 3 is 2.53 bits per heavy atom. The van der Waals surface area contributed by atoms with Crippen molar-refractivity contribution in [2.24, 2.45) is 0 Å². The van der Waals surface area contributed by atoms with Crippen LogP contribution in [0.2, 0.25) is 0 Å². The van der Waals surface area contributed by atoms with Gasteiger partial charge in [0.15, 0.2) is 0 Å². The first-order chi connectivity index (χ1) is 9.02. The molecule has 1 amide bonds. The van der Waals surface area contributed by atoms with Crippen LogP contribution in [0.5, 0.6) is 11.5 Å². The van der Waals surface area contributed by atoms with Crippen molar-refractivity contribution in [3.8, 4) is 11.5 Å². The van der Waals surface area contributed by atoms with E-state index < -0.39 is 0 Å². The summed E-state index contributed by atoms with van der Waals surface area (Å²) in [5.74, 6) is -0.0814. The van der Waals surface area contributed by atoms with Gasteiger partial charge in [-0.15, -0.1) is 0 Å². The molecule has 1 aliphatic rings. The van der Waals surface area contributed by atoms with Gasteiger partial charge in [0, 0.05) is 6.07 Å². The highest BCUT2D eigenvalue weighted by molar-refractivity contribution is 5.75. The zero-order chi connectivity index (χ0) is 14.3. The molecular weight excluding hydrogens is 242 g/mol. The maximum atomic E-state index is 9.93. The van der Waals surface area contributed by atoms with Gasteiger partial charge in [-0.1, -0.05) is 23.3 Å². The number of rotatable bonds is 2. The molecule has 0 spiro atoms. The molecule has 0 atom stereocenters. The van der Waals surface area contributed by atoms with E-state index in [1.807, 2.05) is 0 Å². The third-order valence-corrected chi connectivity index (χ3v) is 2.67. The van der Waals surface area contributed by atoms with E-state index in [0.717, 1.165) is 0 Å². The number of anilines is 1. The van der Waals surface area contributed by atoms with Crippen molar-refractivity contribution in [2.45, 2.75) is 26.7 Å². The van der Waals surface area contributed by atoms with Gasteiger partial charge < -0.3 is 15.5 Å². The number of carbonyl (C=O) groups is 1. The van der Waals surface area contributed by atoms with Crippen LogP contribution < -0.4 is 5.32 Å². The van der Waals surface area contributed by atoms with Gasteiger partial charge in [-0.25, -0.2) is 0 Å². The molecule has 1 aromatic rings. The maximum absolute atomic E-state index is 9.93. The quantitative estimate of drug-likeness (QED) is 0.434. The van der Waals surface area contributed by atoms with Crippen LogP contribution in [0.3, 0.4) is 0 Å². The lowest BCUT2D eigenvalue weighted by atomic mass is 10.0. The molecule has 0 fully saturated rings. The molecule has 2 rings (SSSR count). The van der Waals surface area contributed by atoms with Crippen LogP contribution in [0.4, 0.5) is 5.69 Å². The first-order valence-electron chi connectivity index (χ1n) is 6.09. The molecule has 1 aliphatic carbocycles. The van der Waals surface area contributed by atoms with E-state index in [1.165, 1.54) is 42.2 Å². The summed E-state index contributed by atoms with van der Waals surface area (Å²) < 4.78 is 0. The van der Waals surface area contributed by atoms with Crippen LogP contribution in [-0.4, -0.2) is 16.6 Å². The van der Waals surface area contributed by atoms with Gasteiger partial charge in [-0.05, 0) is 38.8 Å². The van der Waals surface area contributed by atoms with Crippen LogP contribution in [-0.2, 0) is 4.79 Å². The lowest BCUT2D eigenvalue weighted by Gasteiger charge is -2.04. The third-order valence-electron chi connectivity index (χ3n) is 2.67. The average Bonchev–Trinajstić information content (AvgIpc) is 2.35. The number of allylic oxidation sites excluding steroid dienone is 4. The minimum Gasteiger partial charge on any atom is -0.508 e. The molecule has 0 aromatic heterocycles. The van der Waals surface area contributed by atoms with Crippen LogP contribution in [0.15, 0.2) is 41.5 Å². The maximum Gasteiger partial charge on any atom is 0.211 e. The SMILES string of the molecule is CC1=CCCC(C)=C1.O=CNc1cc(O)ccc1O. The number of phenolic OH excluding ortho intramolecular Hbond substituents is 2. The first-order valence-corrected chi connectivity index (χ1v) is 6.09. The summed E-state index contributed by atoms with van der Waals surface area (Å²) in [6.07, 6.45) is 7.47. The average molecular weight is 261 g/mol. The van der Waals surface area contributed by atoms with Gasteiger partial charge in [0.25, 0.3) is 0 Å². The van der Waals surface area contributed by atoms with Gasteiger partial charge in [0.05, 0.1) is 5.69 Å². The summed E-state index contributed by atoms with van der Waals surface area (Å²) in [7, 11) is 0. The van der Waals surface area contributed by atoms with Crippen molar-refractivity contribution >= 4 is 12.1 Å². The molecule has 19 heavy (non-hydrogen) atoms. The fourth-order valence-electron chi connectivity index (χ4n) is 1.75. The number of aromatic hydroxyl groups is 2. The van der Waals surface area contributed by atoms with Crippen molar-refractivity contribution in [3.05, 3.63) is 41.5 Å². The Morgan fingerprint density at radius 1 is 1.26 bits per heavy atom. The van der Waals surface area contributed by atoms with E-state index in [0.29, 0.717) is 6.41 Å². The standard InChI is InChI=1S/C8H12.C7H7NO3/c1-7-4-3-5-8(2)6-7;9-4-8-6-3-5(10)1-2-7(6)11/h4,6H,3,5H2,1-2H3;1-4,10-11H,(H,8,9). The van der Waals surface area contributed by atoms with Crippen molar-refractivity contribution < 1.29 is 15.0 Å². The molecular formula is C15H19NO3. The molecule has 0 saturated heterocycles. The Hall–Kier alpha value is -2.23. The molecule has 1 aromatic carbocycles. The molecule has 0 unspecified atom stereocenters. The zero-order valence-electron chi connectivity index (χ0n) is 11.2. The Bertz CT molecular complexity index is 504. The lowest BCUT2D eigenvalue weighted by molar-refractivity contribution is -0.105. The second kappa shape index (κ2) is 7.26. The van der Waals surface area contributed by atoms with Crippen molar-refractivity contribution in [2.75, 3.05) is 5.32 Å². The van der Waals surface area contributed by atoms with Crippen LogP contribution >= 0.6 is 0 Å². The smallest absolute Gasteiger partial charge is 0.211 e. The second-order valence-electron chi connectivity index (χ2n) is 4.44. The normalized spacial score (nSPS) is 13.6. The molecule has 0 saturated carbocycles. The number of benzene rings is 1. The third kappa shape index (κ3) is 5.29. The minimum absolute atomic E-state index is 0.00727. The molecule has 0 heterocycles. The number of carbonyl (C=O) groups excluding carboxylic acids is 1. The predicted molar refractivity (Wildman–Crippen MR) is 76.2 cm³/mol. The van der Waals surface area contributed by atoms with E-state index in [2.05, 4.69) is 31.3 Å². The number of amides is 1. The topological polar surface area (TPSA) is 69.6 Å². The molecule has 0 aliphatic heterocycles. The van der Waals surface area contributed by atoms with Crippen molar-refractivity contribution in [3.63, 3.8) is 0 Å². The van der Waals surface area contributed by atoms with Gasteiger partial charge in [-0.3, -0.25) is 4.79 Å². The predicted octanol–water partition coefficient (Wildman–Crippen LogP) is 3.34. The molecule has 4 nitrogen and oxygen atoms in total. The number of hydrogen-bond acceptors (Lipinski definition) is 3. The van der Waals surface area contributed by atoms with E-state index in [1.54, 1.807) is 0 Å². The fourth-order valence-corrected chi connectivity index (χ4v) is 1.75. The summed E-state index contributed by atoms with van der Waals surface area (Å²) in [6.45, 7) is 4.35. The summed E-state index contributed by atoms with van der Waals surface area (Å²) in [5, 5.41) is 20.2. The van der Waals surface area contributed by atoms with Crippen molar-refractivity contribution in [1.29, 1.82) is 0 Å². The van der Waals surface area contributed by atoms with Crippen LogP contribution in [0.25, 0.3) is 0 Å². The summed E-state index contributed by atoms with van der Waals surface area (Å²) in [5.41, 5.74) is 3.14. The Labute approximate surface area is 113 Å². The number of phenols is 2. The van der Waals surface area contributed by atoms with E-state index in [4.69, 9.17) is 10.2 Å². The molecule has 0 radical (unpaired) electrons. The highest BCUT2D eigenvalue weighted by Gasteiger charge is 1.99. The summed E-state index contributed by atoms with van der Waals surface area (Å²) >= 11 is 0. The molecule has 3 N–H and O–H groups in total. The molecule has 0 bridgehead atoms. The minimum atomic E-state index is -0.0742. The van der Waals surface area contributed by atoms with E-state index >= 15 is 0 Å². The number of nitrogens with one attached hydrogen (secondary N) is 1. The lowest BCUT2D eigenvalue weighted by Crippen LogP contribution is -1.93. The Kier molecular flexibility index (Phi) is 5.67. The van der Waals surface area contributed by atoms with Gasteiger partial charge >= 0.3 is 0 Å². The first kappa shape index (κ1) is 14.8. The number of hydrogen-bond donors (Lipinski definition) is 3. The van der Waals surface area contributed by atoms with E-state index in [-0.39, 0.29) is 17.2 Å². The second-order valence-corrected chi connectivity index (χ2v) is 4.44. The van der Waals surface area contributed by atoms with Gasteiger partial charge in [-0.2, -0.15) is 0 Å². The summed E-state index contributed by atoms with van der Waals surface area (Å²) in [4.78, 5) is 9.93. The van der Waals surface area contributed by atoms with Crippen LogP contribution in [0, 0.1) is 0 Å². The van der Waals surface area contributed by atoms with Crippen LogP contribution in [0.1, 0.15) is 26.7 Å².